The summed E-state index contributed by atoms with van der Waals surface area (Å²) in [6.45, 7) is 0.175. The normalized spacial score (nSPS) is 24.3. The summed E-state index contributed by atoms with van der Waals surface area (Å²) in [5, 5.41) is 9.48. The molecular formula is C13H14F3N5O4S. The minimum absolute atomic E-state index is 0.175. The van der Waals surface area contributed by atoms with Crippen LogP contribution in [0.2, 0.25) is 0 Å². The number of aromatic nitrogens is 1. The second kappa shape index (κ2) is 6.09. The number of alkyl halides is 3. The van der Waals surface area contributed by atoms with Gasteiger partial charge < -0.3 is 10.6 Å². The molecule has 2 atom stereocenters. The van der Waals surface area contributed by atoms with Crippen molar-refractivity contribution >= 4 is 21.9 Å². The van der Waals surface area contributed by atoms with E-state index < -0.39 is 44.7 Å². The molecule has 2 saturated heterocycles. The Labute approximate surface area is 145 Å². The minimum atomic E-state index is -4.65. The van der Waals surface area contributed by atoms with E-state index in [1.165, 1.54) is 4.90 Å². The van der Waals surface area contributed by atoms with Crippen molar-refractivity contribution < 1.29 is 31.6 Å². The summed E-state index contributed by atoms with van der Waals surface area (Å²) >= 11 is 0. The van der Waals surface area contributed by atoms with Crippen molar-refractivity contribution in [2.75, 3.05) is 6.54 Å². The fourth-order valence-corrected chi connectivity index (χ4v) is 3.82. The Morgan fingerprint density at radius 2 is 2.04 bits per heavy atom. The first-order valence-corrected chi connectivity index (χ1v) is 8.87. The molecule has 1 aromatic rings. The minimum Gasteiger partial charge on any atom is -0.385 e. The van der Waals surface area contributed by atoms with Gasteiger partial charge in [0.2, 0.25) is 0 Å². The molecule has 3 heterocycles. The van der Waals surface area contributed by atoms with Gasteiger partial charge in [0.25, 0.3) is 0 Å². The second-order valence-electron chi connectivity index (χ2n) is 5.90. The molecule has 13 heteroatoms. The summed E-state index contributed by atoms with van der Waals surface area (Å²) in [6, 6.07) is -0.673. The molecule has 2 aliphatic rings. The fraction of sp³-hybridized carbons (Fsp3) is 0.462. The number of carbonyl (C=O) groups excluding carboxylic acids is 1. The molecule has 0 aromatic carbocycles. The van der Waals surface area contributed by atoms with Gasteiger partial charge in [0.15, 0.2) is 5.03 Å². The number of sulfonamides is 1. The van der Waals surface area contributed by atoms with Gasteiger partial charge in [0.05, 0.1) is 17.6 Å². The number of piperidine rings is 1. The van der Waals surface area contributed by atoms with Crippen LogP contribution in [0.4, 0.5) is 18.0 Å². The van der Waals surface area contributed by atoms with Crippen LogP contribution in [0.25, 0.3) is 0 Å². The highest BCUT2D eigenvalue weighted by Gasteiger charge is 2.45. The third-order valence-corrected chi connectivity index (χ3v) is 5.46. The van der Waals surface area contributed by atoms with Crippen LogP contribution in [0.1, 0.15) is 18.4 Å². The number of amidine groups is 1. The molecule has 3 N–H and O–H groups in total. The van der Waals surface area contributed by atoms with Crippen molar-refractivity contribution in [3.8, 4) is 0 Å². The van der Waals surface area contributed by atoms with E-state index in [0.717, 1.165) is 0 Å². The number of amides is 2. The maximum Gasteiger partial charge on any atom is 0.417 e. The Morgan fingerprint density at radius 1 is 1.35 bits per heavy atom. The summed E-state index contributed by atoms with van der Waals surface area (Å²) in [5.41, 5.74) is 4.63. The quantitative estimate of drug-likeness (QED) is 0.444. The predicted molar refractivity (Wildman–Crippen MR) is 80.6 cm³/mol. The lowest BCUT2D eigenvalue weighted by atomic mass is 10.0. The molecule has 3 rings (SSSR count). The predicted octanol–water partition coefficient (Wildman–Crippen LogP) is 0.804. The van der Waals surface area contributed by atoms with Crippen LogP contribution in [-0.4, -0.2) is 59.1 Å². The first-order valence-electron chi connectivity index (χ1n) is 7.43. The van der Waals surface area contributed by atoms with Crippen molar-refractivity contribution in [2.45, 2.75) is 36.1 Å². The van der Waals surface area contributed by atoms with Gasteiger partial charge >= 0.3 is 22.2 Å². The SMILES string of the molecule is NC(=NS(=O)(=O)c1ccc(C(F)(F)F)cn1)[C@@H]1CC[C@@H]2CN1C(=O)N2O. The topological polar surface area (TPSA) is 129 Å². The Bertz CT molecular complexity index is 856. The number of halogens is 3. The summed E-state index contributed by atoms with van der Waals surface area (Å²) in [4.78, 5) is 16.4. The number of hydrogen-bond acceptors (Lipinski definition) is 5. The highest BCUT2D eigenvalue weighted by molar-refractivity contribution is 7.90. The first kappa shape index (κ1) is 18.4. The zero-order chi connectivity index (χ0) is 19.3. The molecular weight excluding hydrogens is 379 g/mol. The number of carbonyl (C=O) groups is 1. The lowest BCUT2D eigenvalue weighted by Gasteiger charge is -2.29. The number of hydroxylamine groups is 2. The van der Waals surface area contributed by atoms with E-state index in [0.29, 0.717) is 36.2 Å². The largest absolute Gasteiger partial charge is 0.417 e. The van der Waals surface area contributed by atoms with Gasteiger partial charge in [-0.1, -0.05) is 0 Å². The van der Waals surface area contributed by atoms with Crippen LogP contribution in [0, 0.1) is 0 Å². The average molecular weight is 393 g/mol. The second-order valence-corrected chi connectivity index (χ2v) is 7.45. The molecule has 1 aromatic heterocycles. The number of nitrogens with zero attached hydrogens (tertiary/aromatic N) is 4. The van der Waals surface area contributed by atoms with Crippen molar-refractivity contribution in [2.24, 2.45) is 10.1 Å². The van der Waals surface area contributed by atoms with E-state index in [4.69, 9.17) is 5.73 Å². The Balaban J connectivity index is 1.85. The van der Waals surface area contributed by atoms with Gasteiger partial charge in [0, 0.05) is 12.7 Å². The Kier molecular flexibility index (Phi) is 4.30. The van der Waals surface area contributed by atoms with Gasteiger partial charge in [-0.15, -0.1) is 4.40 Å². The van der Waals surface area contributed by atoms with Gasteiger partial charge in [-0.05, 0) is 25.0 Å². The number of hydrogen-bond donors (Lipinski definition) is 2. The standard InChI is InChI=1S/C13H14F3N5O4S/c14-13(15,16)7-1-4-10(18-5-7)26(24,25)19-11(17)9-3-2-8-6-20(9)12(22)21(8)23/h1,4-5,8-9,23H,2-3,6H2,(H2,17,19)/t8-,9+/m1/s1. The molecule has 0 spiro atoms. The summed E-state index contributed by atoms with van der Waals surface area (Å²) < 4.78 is 65.4. The molecule has 0 saturated carbocycles. The van der Waals surface area contributed by atoms with Crippen LogP contribution >= 0.6 is 0 Å². The molecule has 2 amide bonds. The van der Waals surface area contributed by atoms with Gasteiger partial charge in [-0.25, -0.2) is 14.8 Å². The lowest BCUT2D eigenvalue weighted by molar-refractivity contribution is -0.137. The van der Waals surface area contributed by atoms with Gasteiger partial charge in [-0.2, -0.15) is 21.6 Å². The maximum atomic E-state index is 12.5. The molecule has 2 bridgehead atoms. The first-order chi connectivity index (χ1) is 12.0. The fourth-order valence-electron chi connectivity index (χ4n) is 2.90. The molecule has 142 valence electrons. The van der Waals surface area contributed by atoms with Crippen LogP contribution < -0.4 is 5.73 Å². The highest BCUT2D eigenvalue weighted by Crippen LogP contribution is 2.30. The molecule has 2 aliphatic heterocycles. The van der Waals surface area contributed by atoms with Crippen LogP contribution in [-0.2, 0) is 16.2 Å². The third kappa shape index (κ3) is 3.19. The smallest absolute Gasteiger partial charge is 0.385 e. The zero-order valence-electron chi connectivity index (χ0n) is 13.1. The van der Waals surface area contributed by atoms with E-state index in [1.807, 2.05) is 0 Å². The van der Waals surface area contributed by atoms with E-state index in [1.54, 1.807) is 0 Å². The number of urea groups is 1. The molecule has 9 nitrogen and oxygen atoms in total. The Hall–Kier alpha value is -2.41. The van der Waals surface area contributed by atoms with Crippen LogP contribution in [0.3, 0.4) is 0 Å². The molecule has 0 unspecified atom stereocenters. The lowest BCUT2D eigenvalue weighted by Crippen LogP contribution is -2.48. The maximum absolute atomic E-state index is 12.5. The number of fused-ring (bicyclic) bond motifs is 2. The molecule has 0 radical (unpaired) electrons. The number of rotatable bonds is 3. The number of pyridine rings is 1. The average Bonchev–Trinajstić information content (AvgIpc) is 2.78. The van der Waals surface area contributed by atoms with Crippen molar-refractivity contribution in [3.63, 3.8) is 0 Å². The van der Waals surface area contributed by atoms with Crippen molar-refractivity contribution in [1.82, 2.24) is 14.9 Å². The summed E-state index contributed by atoms with van der Waals surface area (Å²) in [5.74, 6) is -0.395. The number of nitrogens with two attached hydrogens (primary N) is 1. The van der Waals surface area contributed by atoms with E-state index in [9.17, 15) is 31.6 Å². The summed E-state index contributed by atoms with van der Waals surface area (Å²) in [7, 11) is -4.45. The van der Waals surface area contributed by atoms with E-state index >= 15 is 0 Å². The molecule has 2 fully saturated rings. The Morgan fingerprint density at radius 3 is 2.62 bits per heavy atom. The van der Waals surface area contributed by atoms with Gasteiger partial charge in [0.1, 0.15) is 5.84 Å². The molecule has 26 heavy (non-hydrogen) atoms. The van der Waals surface area contributed by atoms with Gasteiger partial charge in [-0.3, -0.25) is 5.21 Å². The van der Waals surface area contributed by atoms with Crippen molar-refractivity contribution in [3.05, 3.63) is 23.9 Å². The van der Waals surface area contributed by atoms with E-state index in [2.05, 4.69) is 9.38 Å². The summed E-state index contributed by atoms with van der Waals surface area (Å²) in [6.07, 6.45) is -3.57. The van der Waals surface area contributed by atoms with Crippen molar-refractivity contribution in [1.29, 1.82) is 0 Å². The molecule has 0 aliphatic carbocycles. The van der Waals surface area contributed by atoms with Crippen LogP contribution in [0.5, 0.6) is 0 Å². The van der Waals surface area contributed by atoms with Crippen LogP contribution in [0.15, 0.2) is 27.8 Å². The monoisotopic (exact) mass is 393 g/mol. The zero-order valence-corrected chi connectivity index (χ0v) is 13.9. The highest BCUT2D eigenvalue weighted by atomic mass is 32.2. The van der Waals surface area contributed by atoms with E-state index in [-0.39, 0.29) is 12.6 Å². The third-order valence-electron chi connectivity index (χ3n) is 4.24.